The number of esters is 1. The summed E-state index contributed by atoms with van der Waals surface area (Å²) in [4.78, 5) is 19.4. The van der Waals surface area contributed by atoms with E-state index in [1.807, 2.05) is 0 Å². The van der Waals surface area contributed by atoms with Crippen molar-refractivity contribution in [1.29, 1.82) is 0 Å². The predicted molar refractivity (Wildman–Crippen MR) is 61.4 cm³/mol. The summed E-state index contributed by atoms with van der Waals surface area (Å²) in [5, 5.41) is 3.53. The van der Waals surface area contributed by atoms with Gasteiger partial charge in [-0.05, 0) is 23.7 Å². The standard InChI is InChI=1S/C11H12N4O3/c1-2-17-11(16)9-14-10(18-15-9)8-4-3-7(5-12)6-13-8/h3-4,6H,2,5,12H2,1H3. The first-order valence-corrected chi connectivity index (χ1v) is 5.40. The van der Waals surface area contributed by atoms with E-state index in [1.54, 1.807) is 25.3 Å². The summed E-state index contributed by atoms with van der Waals surface area (Å²) in [5.41, 5.74) is 6.84. The van der Waals surface area contributed by atoms with E-state index in [4.69, 9.17) is 15.0 Å². The molecule has 0 aliphatic carbocycles. The van der Waals surface area contributed by atoms with Crippen molar-refractivity contribution < 1.29 is 14.1 Å². The van der Waals surface area contributed by atoms with Crippen LogP contribution in [0.3, 0.4) is 0 Å². The summed E-state index contributed by atoms with van der Waals surface area (Å²) in [5.74, 6) is -0.566. The molecule has 0 atom stereocenters. The molecule has 0 aliphatic heterocycles. The Kier molecular flexibility index (Phi) is 3.63. The fourth-order valence-electron chi connectivity index (χ4n) is 1.28. The fraction of sp³-hybridized carbons (Fsp3) is 0.273. The highest BCUT2D eigenvalue weighted by Crippen LogP contribution is 2.14. The van der Waals surface area contributed by atoms with E-state index in [2.05, 4.69) is 15.1 Å². The number of hydrogen-bond acceptors (Lipinski definition) is 7. The van der Waals surface area contributed by atoms with Crippen molar-refractivity contribution in [3.05, 3.63) is 29.7 Å². The molecule has 2 aromatic rings. The molecule has 0 saturated carbocycles. The third kappa shape index (κ3) is 2.51. The average Bonchev–Trinajstić information content (AvgIpc) is 2.89. The third-order valence-corrected chi connectivity index (χ3v) is 2.16. The third-order valence-electron chi connectivity index (χ3n) is 2.16. The molecule has 94 valence electrons. The molecular weight excluding hydrogens is 236 g/mol. The van der Waals surface area contributed by atoms with Crippen LogP contribution in [0.25, 0.3) is 11.6 Å². The maximum atomic E-state index is 11.3. The molecule has 0 saturated heterocycles. The zero-order valence-electron chi connectivity index (χ0n) is 9.79. The predicted octanol–water partition coefficient (Wildman–Crippen LogP) is 0.767. The summed E-state index contributed by atoms with van der Waals surface area (Å²) in [6.07, 6.45) is 1.61. The van der Waals surface area contributed by atoms with Crippen LogP contribution in [-0.2, 0) is 11.3 Å². The second-order valence-corrected chi connectivity index (χ2v) is 3.40. The van der Waals surface area contributed by atoms with Gasteiger partial charge < -0.3 is 15.0 Å². The molecule has 7 nitrogen and oxygen atoms in total. The first-order valence-electron chi connectivity index (χ1n) is 5.40. The highest BCUT2D eigenvalue weighted by atomic mass is 16.5. The van der Waals surface area contributed by atoms with E-state index >= 15 is 0 Å². The lowest BCUT2D eigenvalue weighted by Crippen LogP contribution is -2.06. The highest BCUT2D eigenvalue weighted by Gasteiger charge is 2.17. The molecule has 18 heavy (non-hydrogen) atoms. The number of nitrogens with zero attached hydrogens (tertiary/aromatic N) is 3. The van der Waals surface area contributed by atoms with Gasteiger partial charge in [0, 0.05) is 12.7 Å². The molecule has 2 N–H and O–H groups in total. The van der Waals surface area contributed by atoms with Crippen molar-refractivity contribution in [1.82, 2.24) is 15.1 Å². The van der Waals surface area contributed by atoms with Gasteiger partial charge in [0.05, 0.1) is 6.61 Å². The molecule has 0 aromatic carbocycles. The van der Waals surface area contributed by atoms with E-state index in [1.165, 1.54) is 0 Å². The lowest BCUT2D eigenvalue weighted by atomic mass is 10.2. The van der Waals surface area contributed by atoms with Gasteiger partial charge in [-0.25, -0.2) is 4.79 Å². The Bertz CT molecular complexity index is 535. The number of rotatable bonds is 4. The summed E-state index contributed by atoms with van der Waals surface area (Å²) in [6.45, 7) is 2.36. The molecule has 0 bridgehead atoms. The lowest BCUT2D eigenvalue weighted by molar-refractivity contribution is 0.0508. The Morgan fingerprint density at radius 3 is 2.94 bits per heavy atom. The van der Waals surface area contributed by atoms with Crippen molar-refractivity contribution >= 4 is 5.97 Å². The zero-order chi connectivity index (χ0) is 13.0. The number of aromatic nitrogens is 3. The van der Waals surface area contributed by atoms with Gasteiger partial charge in [-0.15, -0.1) is 0 Å². The second kappa shape index (κ2) is 5.37. The maximum absolute atomic E-state index is 11.3. The number of ether oxygens (including phenoxy) is 1. The minimum absolute atomic E-state index is 0.114. The van der Waals surface area contributed by atoms with Gasteiger partial charge in [-0.1, -0.05) is 6.07 Å². The molecule has 7 heteroatoms. The topological polar surface area (TPSA) is 104 Å². The average molecular weight is 248 g/mol. The van der Waals surface area contributed by atoms with E-state index in [0.717, 1.165) is 5.56 Å². The number of carbonyl (C=O) groups excluding carboxylic acids is 1. The van der Waals surface area contributed by atoms with Gasteiger partial charge in [0.1, 0.15) is 5.69 Å². The number of nitrogens with two attached hydrogens (primary N) is 1. The summed E-state index contributed by atoms with van der Waals surface area (Å²) >= 11 is 0. The monoisotopic (exact) mass is 248 g/mol. The van der Waals surface area contributed by atoms with E-state index in [0.29, 0.717) is 12.2 Å². The quantitative estimate of drug-likeness (QED) is 0.796. The first-order chi connectivity index (χ1) is 8.74. The largest absolute Gasteiger partial charge is 0.460 e. The van der Waals surface area contributed by atoms with Crippen LogP contribution in [0, 0.1) is 0 Å². The van der Waals surface area contributed by atoms with Crippen LogP contribution in [0.1, 0.15) is 23.1 Å². The van der Waals surface area contributed by atoms with Gasteiger partial charge in [0.15, 0.2) is 0 Å². The Hall–Kier alpha value is -2.28. The van der Waals surface area contributed by atoms with E-state index < -0.39 is 5.97 Å². The first kappa shape index (κ1) is 12.2. The van der Waals surface area contributed by atoms with Crippen molar-refractivity contribution in [2.75, 3.05) is 6.61 Å². The second-order valence-electron chi connectivity index (χ2n) is 3.40. The normalized spacial score (nSPS) is 10.3. The Morgan fingerprint density at radius 2 is 2.33 bits per heavy atom. The Labute approximate surface area is 103 Å². The molecule has 2 aromatic heterocycles. The Balaban J connectivity index is 2.20. The SMILES string of the molecule is CCOC(=O)c1noc(-c2ccc(CN)cn2)n1. The van der Waals surface area contributed by atoms with Crippen molar-refractivity contribution in [2.45, 2.75) is 13.5 Å². The van der Waals surface area contributed by atoms with Crippen LogP contribution < -0.4 is 5.73 Å². The molecule has 0 spiro atoms. The minimum Gasteiger partial charge on any atom is -0.460 e. The van der Waals surface area contributed by atoms with Gasteiger partial charge in [-0.2, -0.15) is 4.98 Å². The number of pyridine rings is 1. The van der Waals surface area contributed by atoms with Crippen LogP contribution in [0.15, 0.2) is 22.9 Å². The molecule has 0 amide bonds. The van der Waals surface area contributed by atoms with Gasteiger partial charge >= 0.3 is 5.97 Å². The maximum Gasteiger partial charge on any atom is 0.379 e. The van der Waals surface area contributed by atoms with Crippen molar-refractivity contribution in [2.24, 2.45) is 5.73 Å². The molecule has 2 heterocycles. The molecule has 0 fully saturated rings. The number of hydrogen-bond donors (Lipinski definition) is 1. The van der Waals surface area contributed by atoms with Gasteiger partial charge in [0.25, 0.3) is 11.7 Å². The smallest absolute Gasteiger partial charge is 0.379 e. The molecule has 2 rings (SSSR count). The van der Waals surface area contributed by atoms with Crippen LogP contribution in [0.5, 0.6) is 0 Å². The summed E-state index contributed by atoms with van der Waals surface area (Å²) in [7, 11) is 0. The van der Waals surface area contributed by atoms with Gasteiger partial charge in [0.2, 0.25) is 0 Å². The molecule has 0 radical (unpaired) electrons. The van der Waals surface area contributed by atoms with Crippen LogP contribution in [0.2, 0.25) is 0 Å². The van der Waals surface area contributed by atoms with Gasteiger partial charge in [-0.3, -0.25) is 4.98 Å². The minimum atomic E-state index is -0.619. The summed E-state index contributed by atoms with van der Waals surface area (Å²) in [6, 6.07) is 3.50. The lowest BCUT2D eigenvalue weighted by Gasteiger charge is -1.96. The molecular formula is C11H12N4O3. The van der Waals surface area contributed by atoms with Crippen molar-refractivity contribution in [3.63, 3.8) is 0 Å². The van der Waals surface area contributed by atoms with Crippen LogP contribution >= 0.6 is 0 Å². The highest BCUT2D eigenvalue weighted by molar-refractivity contribution is 5.85. The zero-order valence-corrected chi connectivity index (χ0v) is 9.79. The Morgan fingerprint density at radius 1 is 1.50 bits per heavy atom. The molecule has 0 aliphatic rings. The number of carbonyl (C=O) groups is 1. The van der Waals surface area contributed by atoms with E-state index in [-0.39, 0.29) is 18.3 Å². The van der Waals surface area contributed by atoms with Crippen LogP contribution in [0.4, 0.5) is 0 Å². The summed E-state index contributed by atoms with van der Waals surface area (Å²) < 4.78 is 9.69. The molecule has 0 unspecified atom stereocenters. The van der Waals surface area contributed by atoms with E-state index in [9.17, 15) is 4.79 Å². The van der Waals surface area contributed by atoms with Crippen molar-refractivity contribution in [3.8, 4) is 11.6 Å². The van der Waals surface area contributed by atoms with Crippen LogP contribution in [-0.4, -0.2) is 27.7 Å². The fourth-order valence-corrected chi connectivity index (χ4v) is 1.28.